The number of nitrogens with one attached hydrogen (secondary N) is 1. The second-order valence-electron chi connectivity index (χ2n) is 4.30. The molecule has 0 spiro atoms. The molecule has 0 radical (unpaired) electrons. The van der Waals surface area contributed by atoms with Crippen molar-refractivity contribution in [2.75, 3.05) is 0 Å². The third kappa shape index (κ3) is 4.31. The Morgan fingerprint density at radius 2 is 2.10 bits per heavy atom. The van der Waals surface area contributed by atoms with Crippen molar-refractivity contribution < 1.29 is 9.90 Å². The van der Waals surface area contributed by atoms with E-state index in [1.54, 1.807) is 0 Å². The van der Waals surface area contributed by atoms with E-state index in [-0.39, 0.29) is 0 Å². The summed E-state index contributed by atoms with van der Waals surface area (Å²) < 4.78 is 1.52. The average molecular weight is 375 g/mol. The number of aliphatic carboxylic acids is 1. The van der Waals surface area contributed by atoms with Crippen LogP contribution in [0.4, 0.5) is 0 Å². The Morgan fingerprint density at radius 3 is 2.65 bits per heavy atom. The van der Waals surface area contributed by atoms with Crippen LogP contribution in [0.5, 0.6) is 0 Å². The molecular formula is C14H13BrClNO2S. The Balaban J connectivity index is 1.97. The first-order valence-corrected chi connectivity index (χ1v) is 7.99. The van der Waals surface area contributed by atoms with Crippen LogP contribution in [0.25, 0.3) is 0 Å². The molecule has 6 heteroatoms. The standard InChI is InChI=1S/C14H13BrClNO2S/c15-11-7-10(20-13(11)16)8-17-12(14(18)19)6-9-4-2-1-3-5-9/h1-5,7,12,17H,6,8H2,(H,18,19)/t12-/m1/s1. The van der Waals surface area contributed by atoms with Gasteiger partial charge in [-0.2, -0.15) is 0 Å². The summed E-state index contributed by atoms with van der Waals surface area (Å²) in [6.45, 7) is 0.486. The molecule has 0 amide bonds. The summed E-state index contributed by atoms with van der Waals surface area (Å²) in [4.78, 5) is 12.3. The largest absolute Gasteiger partial charge is 0.480 e. The predicted molar refractivity (Wildman–Crippen MR) is 85.4 cm³/mol. The Kier molecular flexibility index (Phi) is 5.60. The molecule has 0 saturated carbocycles. The van der Waals surface area contributed by atoms with Gasteiger partial charge in [-0.3, -0.25) is 10.1 Å². The van der Waals surface area contributed by atoms with E-state index < -0.39 is 12.0 Å². The molecule has 106 valence electrons. The quantitative estimate of drug-likeness (QED) is 0.805. The summed E-state index contributed by atoms with van der Waals surface area (Å²) in [5, 5.41) is 12.3. The van der Waals surface area contributed by atoms with Gasteiger partial charge in [0.1, 0.15) is 10.4 Å². The van der Waals surface area contributed by atoms with Crippen molar-refractivity contribution in [2.24, 2.45) is 0 Å². The number of thiophene rings is 1. The van der Waals surface area contributed by atoms with Gasteiger partial charge in [0, 0.05) is 15.9 Å². The molecule has 0 saturated heterocycles. The second kappa shape index (κ2) is 7.22. The minimum Gasteiger partial charge on any atom is -0.480 e. The smallest absolute Gasteiger partial charge is 0.321 e. The van der Waals surface area contributed by atoms with Crippen molar-refractivity contribution in [3.8, 4) is 0 Å². The maximum atomic E-state index is 11.3. The number of carboxylic acids is 1. The lowest BCUT2D eigenvalue weighted by Gasteiger charge is -2.13. The maximum Gasteiger partial charge on any atom is 0.321 e. The number of hydrogen-bond donors (Lipinski definition) is 2. The number of hydrogen-bond acceptors (Lipinski definition) is 3. The number of carboxylic acid groups (broad SMARTS) is 1. The highest BCUT2D eigenvalue weighted by atomic mass is 79.9. The maximum absolute atomic E-state index is 11.3. The van der Waals surface area contributed by atoms with Gasteiger partial charge in [-0.15, -0.1) is 11.3 Å². The highest BCUT2D eigenvalue weighted by molar-refractivity contribution is 9.10. The normalized spacial score (nSPS) is 12.3. The molecule has 0 bridgehead atoms. The molecule has 1 heterocycles. The van der Waals surface area contributed by atoms with E-state index in [9.17, 15) is 9.90 Å². The van der Waals surface area contributed by atoms with Crippen molar-refractivity contribution in [3.63, 3.8) is 0 Å². The molecule has 20 heavy (non-hydrogen) atoms. The van der Waals surface area contributed by atoms with Crippen molar-refractivity contribution in [1.82, 2.24) is 5.32 Å². The summed E-state index contributed by atoms with van der Waals surface area (Å²) in [5.74, 6) is -0.851. The lowest BCUT2D eigenvalue weighted by atomic mass is 10.1. The van der Waals surface area contributed by atoms with Crippen LogP contribution in [0, 0.1) is 0 Å². The SMILES string of the molecule is O=C(O)[C@@H](Cc1ccccc1)NCc1cc(Br)c(Cl)s1. The minimum absolute atomic E-state index is 0.455. The monoisotopic (exact) mass is 373 g/mol. The van der Waals surface area contributed by atoms with Crippen LogP contribution in [0.2, 0.25) is 4.34 Å². The first-order chi connectivity index (χ1) is 9.56. The Bertz CT molecular complexity index is 569. The number of halogens is 2. The van der Waals surface area contributed by atoms with Crippen LogP contribution >= 0.6 is 38.9 Å². The Morgan fingerprint density at radius 1 is 1.40 bits per heavy atom. The van der Waals surface area contributed by atoms with Gasteiger partial charge in [0.25, 0.3) is 0 Å². The fourth-order valence-electron chi connectivity index (χ4n) is 1.80. The molecule has 3 nitrogen and oxygen atoms in total. The third-order valence-corrected chi connectivity index (χ3v) is 5.27. The van der Waals surface area contributed by atoms with Crippen molar-refractivity contribution in [2.45, 2.75) is 19.0 Å². The number of rotatable bonds is 6. The van der Waals surface area contributed by atoms with Crippen molar-refractivity contribution in [3.05, 3.63) is 55.6 Å². The van der Waals surface area contributed by atoms with Crippen LogP contribution in [0.15, 0.2) is 40.9 Å². The fourth-order valence-corrected chi connectivity index (χ4v) is 3.54. The van der Waals surface area contributed by atoms with Gasteiger partial charge in [0.05, 0.1) is 0 Å². The van der Waals surface area contributed by atoms with Crippen molar-refractivity contribution in [1.29, 1.82) is 0 Å². The summed E-state index contributed by atoms with van der Waals surface area (Å²) in [6, 6.07) is 10.9. The van der Waals surface area contributed by atoms with Crippen LogP contribution in [-0.2, 0) is 17.8 Å². The topological polar surface area (TPSA) is 49.3 Å². The second-order valence-corrected chi connectivity index (χ2v) is 6.89. The molecule has 1 atom stereocenters. The molecule has 0 fully saturated rings. The van der Waals surface area contributed by atoms with Crippen molar-refractivity contribution >= 4 is 44.8 Å². The first kappa shape index (κ1) is 15.5. The molecule has 0 aliphatic rings. The zero-order valence-corrected chi connectivity index (χ0v) is 13.6. The van der Waals surface area contributed by atoms with Crippen LogP contribution < -0.4 is 5.32 Å². The van der Waals surface area contributed by atoms with E-state index in [1.807, 2.05) is 36.4 Å². The van der Waals surface area contributed by atoms with Gasteiger partial charge in [0.2, 0.25) is 0 Å². The summed E-state index contributed by atoms with van der Waals surface area (Å²) in [6.07, 6.45) is 0.455. The van der Waals surface area contributed by atoms with Gasteiger partial charge in [-0.1, -0.05) is 41.9 Å². The molecule has 2 N–H and O–H groups in total. The van der Waals surface area contributed by atoms with Gasteiger partial charge in [0.15, 0.2) is 0 Å². The molecule has 2 aromatic rings. The van der Waals surface area contributed by atoms with Gasteiger partial charge < -0.3 is 5.11 Å². The molecule has 1 aromatic carbocycles. The van der Waals surface area contributed by atoms with E-state index >= 15 is 0 Å². The molecule has 0 aliphatic carbocycles. The highest BCUT2D eigenvalue weighted by Gasteiger charge is 2.17. The lowest BCUT2D eigenvalue weighted by Crippen LogP contribution is -2.37. The lowest BCUT2D eigenvalue weighted by molar-refractivity contribution is -0.139. The summed E-state index contributed by atoms with van der Waals surface area (Å²) in [5.41, 5.74) is 0.998. The average Bonchev–Trinajstić information content (AvgIpc) is 2.74. The summed E-state index contributed by atoms with van der Waals surface area (Å²) in [7, 11) is 0. The van der Waals surface area contributed by atoms with E-state index in [0.717, 1.165) is 14.9 Å². The van der Waals surface area contributed by atoms with Crippen LogP contribution in [-0.4, -0.2) is 17.1 Å². The van der Waals surface area contributed by atoms with Gasteiger partial charge in [-0.05, 0) is 34.0 Å². The first-order valence-electron chi connectivity index (χ1n) is 6.00. The third-order valence-electron chi connectivity index (χ3n) is 2.80. The number of benzene rings is 1. The van der Waals surface area contributed by atoms with Gasteiger partial charge in [-0.25, -0.2) is 0 Å². The summed E-state index contributed by atoms with van der Waals surface area (Å²) >= 11 is 10.7. The number of carbonyl (C=O) groups is 1. The molecule has 0 unspecified atom stereocenters. The zero-order chi connectivity index (χ0) is 14.5. The van der Waals surface area contributed by atoms with E-state index in [0.29, 0.717) is 17.3 Å². The predicted octanol–water partition coefficient (Wildman–Crippen LogP) is 3.95. The van der Waals surface area contributed by atoms with E-state index in [2.05, 4.69) is 21.2 Å². The van der Waals surface area contributed by atoms with Gasteiger partial charge >= 0.3 is 5.97 Å². The molecular weight excluding hydrogens is 362 g/mol. The van der Waals surface area contributed by atoms with Crippen LogP contribution in [0.3, 0.4) is 0 Å². The zero-order valence-electron chi connectivity index (χ0n) is 10.5. The highest BCUT2D eigenvalue weighted by Crippen LogP contribution is 2.31. The fraction of sp³-hybridized carbons (Fsp3) is 0.214. The van der Waals surface area contributed by atoms with E-state index in [4.69, 9.17) is 11.6 Å². The Labute approximate surface area is 134 Å². The Hall–Kier alpha value is -0.880. The van der Waals surface area contributed by atoms with Crippen LogP contribution in [0.1, 0.15) is 10.4 Å². The van der Waals surface area contributed by atoms with E-state index in [1.165, 1.54) is 11.3 Å². The molecule has 1 aromatic heterocycles. The minimum atomic E-state index is -0.851. The molecule has 0 aliphatic heterocycles. The molecule has 2 rings (SSSR count).